The lowest BCUT2D eigenvalue weighted by molar-refractivity contribution is -0.140. The van der Waals surface area contributed by atoms with E-state index in [1.54, 1.807) is 19.2 Å². The smallest absolute Gasteiger partial charge is 0.225 e. The summed E-state index contributed by atoms with van der Waals surface area (Å²) in [6, 6.07) is 6.02. The maximum atomic E-state index is 13.0. The van der Waals surface area contributed by atoms with Gasteiger partial charge in [-0.15, -0.1) is 24.0 Å². The van der Waals surface area contributed by atoms with Crippen molar-refractivity contribution in [1.29, 1.82) is 0 Å². The van der Waals surface area contributed by atoms with E-state index in [1.807, 2.05) is 11.8 Å². The van der Waals surface area contributed by atoms with E-state index in [1.165, 1.54) is 12.1 Å². The van der Waals surface area contributed by atoms with Crippen LogP contribution in [0, 0.1) is 11.7 Å². The minimum absolute atomic E-state index is 0. The number of nitrogens with one attached hydrogen (secondary N) is 1. The zero-order valence-electron chi connectivity index (χ0n) is 17.7. The van der Waals surface area contributed by atoms with Crippen LogP contribution in [0.1, 0.15) is 19.8 Å². The molecule has 0 aliphatic carbocycles. The molecule has 1 aromatic rings. The number of morpholine rings is 1. The lowest BCUT2D eigenvalue weighted by Gasteiger charge is -2.37. The van der Waals surface area contributed by atoms with E-state index < -0.39 is 0 Å². The number of carbonyl (C=O) groups is 1. The van der Waals surface area contributed by atoms with Crippen molar-refractivity contribution in [2.75, 3.05) is 53.0 Å². The van der Waals surface area contributed by atoms with Crippen LogP contribution in [0.25, 0.3) is 0 Å². The van der Waals surface area contributed by atoms with Gasteiger partial charge in [0.1, 0.15) is 17.7 Å². The van der Waals surface area contributed by atoms with Crippen LogP contribution in [0.4, 0.5) is 4.39 Å². The summed E-state index contributed by atoms with van der Waals surface area (Å²) in [7, 11) is 1.76. The number of carbonyl (C=O) groups excluding carboxylic acids is 1. The zero-order valence-corrected chi connectivity index (χ0v) is 20.0. The second kappa shape index (κ2) is 12.3. The maximum absolute atomic E-state index is 13.0. The van der Waals surface area contributed by atoms with Gasteiger partial charge in [0, 0.05) is 39.1 Å². The molecule has 2 heterocycles. The molecule has 9 heteroatoms. The minimum Gasteiger partial charge on any atom is -0.489 e. The first kappa shape index (κ1) is 24.6. The summed E-state index contributed by atoms with van der Waals surface area (Å²) < 4.78 is 24.1. The Labute approximate surface area is 195 Å². The third kappa shape index (κ3) is 6.97. The van der Waals surface area contributed by atoms with Crippen molar-refractivity contribution in [3.63, 3.8) is 0 Å². The van der Waals surface area contributed by atoms with Crippen LogP contribution in [-0.2, 0) is 9.53 Å². The van der Waals surface area contributed by atoms with Gasteiger partial charge in [-0.2, -0.15) is 0 Å². The monoisotopic (exact) mass is 534 g/mol. The van der Waals surface area contributed by atoms with Crippen molar-refractivity contribution in [2.45, 2.75) is 25.9 Å². The molecular weight excluding hydrogens is 502 g/mol. The van der Waals surface area contributed by atoms with Crippen molar-refractivity contribution in [2.24, 2.45) is 10.9 Å². The molecule has 0 saturated carbocycles. The van der Waals surface area contributed by atoms with Gasteiger partial charge < -0.3 is 24.6 Å². The zero-order chi connectivity index (χ0) is 20.6. The first-order valence-electron chi connectivity index (χ1n) is 10.3. The van der Waals surface area contributed by atoms with Crippen LogP contribution in [0.2, 0.25) is 0 Å². The summed E-state index contributed by atoms with van der Waals surface area (Å²) >= 11 is 0. The normalized spacial score (nSPS) is 19.1. The summed E-state index contributed by atoms with van der Waals surface area (Å²) in [6.45, 7) is 6.82. The lowest BCUT2D eigenvalue weighted by Crippen LogP contribution is -2.50. The summed E-state index contributed by atoms with van der Waals surface area (Å²) in [6.07, 6.45) is 1.56. The molecule has 3 rings (SSSR count). The van der Waals surface area contributed by atoms with Gasteiger partial charge >= 0.3 is 0 Å². The van der Waals surface area contributed by atoms with Crippen LogP contribution in [0.5, 0.6) is 5.75 Å². The molecular formula is C21H32FIN4O3. The van der Waals surface area contributed by atoms with Crippen LogP contribution < -0.4 is 10.1 Å². The Bertz CT molecular complexity index is 690. The van der Waals surface area contributed by atoms with Crippen LogP contribution >= 0.6 is 24.0 Å². The van der Waals surface area contributed by atoms with Crippen molar-refractivity contribution < 1.29 is 18.7 Å². The minimum atomic E-state index is -0.279. The van der Waals surface area contributed by atoms with Gasteiger partial charge in [0.2, 0.25) is 5.91 Å². The fourth-order valence-corrected chi connectivity index (χ4v) is 3.73. The van der Waals surface area contributed by atoms with E-state index in [9.17, 15) is 9.18 Å². The predicted octanol–water partition coefficient (Wildman–Crippen LogP) is 2.36. The number of likely N-dealkylation sites (tertiary alicyclic amines) is 1. The standard InChI is InChI=1S/C21H31FN4O3.HI/c1-16(29-19-5-3-18(22)4-6-19)15-24-21(23-2)26-9-7-17(8-10-26)20(27)25-11-13-28-14-12-25;/h3-6,16-17H,7-15H2,1-2H3,(H,23,24);1H. The van der Waals surface area contributed by atoms with E-state index in [0.717, 1.165) is 31.9 Å². The first-order chi connectivity index (χ1) is 14.1. The second-order valence-corrected chi connectivity index (χ2v) is 7.51. The Hall–Kier alpha value is -1.62. The molecule has 30 heavy (non-hydrogen) atoms. The molecule has 1 aromatic carbocycles. The molecule has 0 aromatic heterocycles. The molecule has 2 saturated heterocycles. The summed E-state index contributed by atoms with van der Waals surface area (Å²) in [5.41, 5.74) is 0. The number of halogens is 2. The van der Waals surface area contributed by atoms with E-state index in [-0.39, 0.29) is 47.7 Å². The Morgan fingerprint density at radius 2 is 1.83 bits per heavy atom. The van der Waals surface area contributed by atoms with E-state index in [2.05, 4.69) is 15.2 Å². The summed E-state index contributed by atoms with van der Waals surface area (Å²) in [5, 5.41) is 3.34. The summed E-state index contributed by atoms with van der Waals surface area (Å²) in [5.74, 6) is 1.52. The van der Waals surface area contributed by atoms with Gasteiger partial charge in [-0.3, -0.25) is 9.79 Å². The predicted molar refractivity (Wildman–Crippen MR) is 125 cm³/mol. The fraction of sp³-hybridized carbons (Fsp3) is 0.619. The van der Waals surface area contributed by atoms with E-state index in [4.69, 9.17) is 9.47 Å². The Balaban J connectivity index is 0.00000320. The number of rotatable bonds is 5. The number of hydrogen-bond acceptors (Lipinski definition) is 4. The number of piperidine rings is 1. The molecule has 7 nitrogen and oxygen atoms in total. The van der Waals surface area contributed by atoms with Crippen molar-refractivity contribution in [3.8, 4) is 5.75 Å². The highest BCUT2D eigenvalue weighted by Gasteiger charge is 2.30. The van der Waals surface area contributed by atoms with Crippen LogP contribution in [0.15, 0.2) is 29.3 Å². The quantitative estimate of drug-likeness (QED) is 0.357. The topological polar surface area (TPSA) is 66.4 Å². The molecule has 1 atom stereocenters. The highest BCUT2D eigenvalue weighted by molar-refractivity contribution is 14.0. The number of ether oxygens (including phenoxy) is 2. The molecule has 168 valence electrons. The second-order valence-electron chi connectivity index (χ2n) is 7.51. The number of benzene rings is 1. The highest BCUT2D eigenvalue weighted by atomic mass is 127. The average Bonchev–Trinajstić information content (AvgIpc) is 2.76. The lowest BCUT2D eigenvalue weighted by atomic mass is 9.95. The third-order valence-electron chi connectivity index (χ3n) is 5.38. The molecule has 0 bridgehead atoms. The fourth-order valence-electron chi connectivity index (χ4n) is 3.73. The van der Waals surface area contributed by atoms with Gasteiger partial charge in [0.05, 0.1) is 19.8 Å². The largest absolute Gasteiger partial charge is 0.489 e. The molecule has 1 amide bonds. The van der Waals surface area contributed by atoms with Gasteiger partial charge in [0.25, 0.3) is 0 Å². The first-order valence-corrected chi connectivity index (χ1v) is 10.3. The van der Waals surface area contributed by atoms with Gasteiger partial charge in [-0.05, 0) is 44.0 Å². The number of nitrogens with zero attached hydrogens (tertiary/aromatic N) is 3. The summed E-state index contributed by atoms with van der Waals surface area (Å²) in [4.78, 5) is 21.2. The molecule has 2 aliphatic rings. The van der Waals surface area contributed by atoms with Crippen LogP contribution in [-0.4, -0.2) is 80.8 Å². The van der Waals surface area contributed by atoms with Crippen LogP contribution in [0.3, 0.4) is 0 Å². The van der Waals surface area contributed by atoms with Gasteiger partial charge in [0.15, 0.2) is 5.96 Å². The number of hydrogen-bond donors (Lipinski definition) is 1. The Morgan fingerprint density at radius 1 is 1.20 bits per heavy atom. The molecule has 2 aliphatic heterocycles. The maximum Gasteiger partial charge on any atom is 0.225 e. The highest BCUT2D eigenvalue weighted by Crippen LogP contribution is 2.20. The van der Waals surface area contributed by atoms with E-state index >= 15 is 0 Å². The molecule has 0 spiro atoms. The van der Waals surface area contributed by atoms with Crippen molar-refractivity contribution in [1.82, 2.24) is 15.1 Å². The molecule has 1 N–H and O–H groups in total. The number of guanidine groups is 1. The SMILES string of the molecule is CN=C(NCC(C)Oc1ccc(F)cc1)N1CCC(C(=O)N2CCOCC2)CC1.I. The van der Waals surface area contributed by atoms with Crippen molar-refractivity contribution >= 4 is 35.8 Å². The Kier molecular flexibility index (Phi) is 10.1. The molecule has 1 unspecified atom stereocenters. The molecule has 0 radical (unpaired) electrons. The average molecular weight is 534 g/mol. The Morgan fingerprint density at radius 3 is 2.43 bits per heavy atom. The number of amides is 1. The third-order valence-corrected chi connectivity index (χ3v) is 5.38. The van der Waals surface area contributed by atoms with Gasteiger partial charge in [-0.25, -0.2) is 4.39 Å². The van der Waals surface area contributed by atoms with E-state index in [0.29, 0.717) is 38.6 Å². The van der Waals surface area contributed by atoms with Gasteiger partial charge in [-0.1, -0.05) is 0 Å². The van der Waals surface area contributed by atoms with Crippen molar-refractivity contribution in [3.05, 3.63) is 30.1 Å². The number of aliphatic imine (C=N–C) groups is 1. The molecule has 2 fully saturated rings.